The van der Waals surface area contributed by atoms with Gasteiger partial charge in [0.05, 0.1) is 33.8 Å². The number of ether oxygens (including phenoxy) is 1. The molecule has 0 saturated heterocycles. The second kappa shape index (κ2) is 61.3. The number of rotatable bonds is 65. The highest BCUT2D eigenvalue weighted by molar-refractivity contribution is 7.45. The molecule has 0 rings (SSSR count). The van der Waals surface area contributed by atoms with Crippen LogP contribution in [0.15, 0.2) is 36.5 Å². The van der Waals surface area contributed by atoms with Crippen LogP contribution in [0.3, 0.4) is 0 Å². The number of esters is 1. The summed E-state index contributed by atoms with van der Waals surface area (Å²) in [6.07, 6.45) is 75.5. The van der Waals surface area contributed by atoms with Crippen LogP contribution < -0.4 is 10.2 Å². The highest BCUT2D eigenvalue weighted by Crippen LogP contribution is 2.38. The summed E-state index contributed by atoms with van der Waals surface area (Å²) in [4.78, 5) is 40.2. The van der Waals surface area contributed by atoms with Crippen molar-refractivity contribution in [1.29, 1.82) is 0 Å². The molecule has 0 aliphatic rings. The molecule has 81 heavy (non-hydrogen) atoms. The van der Waals surface area contributed by atoms with Gasteiger partial charge in [0.2, 0.25) is 5.91 Å². The summed E-state index contributed by atoms with van der Waals surface area (Å²) in [7, 11) is 1.20. The summed E-state index contributed by atoms with van der Waals surface area (Å²) < 4.78 is 30.5. The molecule has 10 heteroatoms. The Morgan fingerprint density at radius 1 is 0.432 bits per heavy atom. The zero-order valence-corrected chi connectivity index (χ0v) is 55.7. The molecule has 0 saturated carbocycles. The van der Waals surface area contributed by atoms with Gasteiger partial charge in [-0.2, -0.15) is 0 Å². The molecule has 0 bridgehead atoms. The Morgan fingerprint density at radius 2 is 0.753 bits per heavy atom. The summed E-state index contributed by atoms with van der Waals surface area (Å²) in [5, 5.41) is 3.05. The van der Waals surface area contributed by atoms with Crippen LogP contribution in [-0.2, 0) is 27.9 Å². The Balaban J connectivity index is 5.10. The van der Waals surface area contributed by atoms with E-state index in [9.17, 15) is 19.0 Å². The van der Waals surface area contributed by atoms with Crippen LogP contribution in [0.2, 0.25) is 0 Å². The zero-order valence-electron chi connectivity index (χ0n) is 54.8. The maximum Gasteiger partial charge on any atom is 0.306 e. The van der Waals surface area contributed by atoms with Crippen molar-refractivity contribution in [3.05, 3.63) is 36.5 Å². The number of carbonyl (C=O) groups excluding carboxylic acids is 2. The molecule has 3 unspecified atom stereocenters. The molecule has 0 radical (unpaired) electrons. The van der Waals surface area contributed by atoms with E-state index in [1.807, 2.05) is 33.3 Å². The highest BCUT2D eigenvalue weighted by atomic mass is 31.2. The third kappa shape index (κ3) is 62.6. The van der Waals surface area contributed by atoms with Gasteiger partial charge in [-0.15, -0.1) is 0 Å². The van der Waals surface area contributed by atoms with Gasteiger partial charge in [0.15, 0.2) is 0 Å². The maximum absolute atomic E-state index is 13.6. The number of carbonyl (C=O) groups is 2. The van der Waals surface area contributed by atoms with E-state index < -0.39 is 20.0 Å². The molecule has 0 aliphatic heterocycles. The molecule has 1 N–H and O–H groups in total. The molecule has 0 heterocycles. The minimum Gasteiger partial charge on any atom is -0.756 e. The van der Waals surface area contributed by atoms with Crippen LogP contribution in [0, 0.1) is 0 Å². The largest absolute Gasteiger partial charge is 0.756 e. The molecule has 0 aromatic carbocycles. The number of phosphoric acid groups is 1. The lowest BCUT2D eigenvalue weighted by molar-refractivity contribution is -0.870. The Kier molecular flexibility index (Phi) is 60.0. The Morgan fingerprint density at radius 3 is 1.14 bits per heavy atom. The number of nitrogens with zero attached hydrogens (tertiary/aromatic N) is 1. The molecular weight excluding hydrogens is 1020 g/mol. The van der Waals surface area contributed by atoms with Gasteiger partial charge in [-0.25, -0.2) is 0 Å². The first kappa shape index (κ1) is 79.2. The number of hydrogen-bond acceptors (Lipinski definition) is 7. The van der Waals surface area contributed by atoms with E-state index in [1.165, 1.54) is 257 Å². The van der Waals surface area contributed by atoms with E-state index in [1.54, 1.807) is 0 Å². The van der Waals surface area contributed by atoms with Gasteiger partial charge in [0, 0.05) is 12.8 Å². The van der Waals surface area contributed by atoms with Gasteiger partial charge in [0.25, 0.3) is 7.82 Å². The van der Waals surface area contributed by atoms with Crippen molar-refractivity contribution >= 4 is 19.7 Å². The quantitative estimate of drug-likeness (QED) is 0.0212. The molecule has 0 aromatic heterocycles. The fourth-order valence-corrected chi connectivity index (χ4v) is 11.3. The lowest BCUT2D eigenvalue weighted by atomic mass is 10.0. The fraction of sp³-hybridized carbons (Fsp3) is 0.887. The Bertz CT molecular complexity index is 1480. The van der Waals surface area contributed by atoms with Crippen LogP contribution in [0.4, 0.5) is 0 Å². The average molecular weight is 1160 g/mol. The van der Waals surface area contributed by atoms with Crippen molar-refractivity contribution in [2.45, 2.75) is 367 Å². The van der Waals surface area contributed by atoms with Gasteiger partial charge in [-0.05, 0) is 63.9 Å². The van der Waals surface area contributed by atoms with Crippen LogP contribution in [0.5, 0.6) is 0 Å². The number of likely N-dealkylation sites (N-methyl/N-ethyl adjacent to an activating group) is 1. The normalized spacial score (nSPS) is 13.7. The lowest BCUT2D eigenvalue weighted by Gasteiger charge is -2.30. The van der Waals surface area contributed by atoms with Crippen molar-refractivity contribution in [2.24, 2.45) is 0 Å². The van der Waals surface area contributed by atoms with E-state index in [4.69, 9.17) is 13.8 Å². The molecule has 0 aromatic rings. The molecular formula is C71H137N2O7P. The number of nitrogens with one attached hydrogen (secondary N) is 1. The van der Waals surface area contributed by atoms with Crippen LogP contribution in [0.1, 0.15) is 355 Å². The van der Waals surface area contributed by atoms with Crippen molar-refractivity contribution in [3.63, 3.8) is 0 Å². The van der Waals surface area contributed by atoms with E-state index in [2.05, 4.69) is 50.4 Å². The first-order valence-corrected chi connectivity index (χ1v) is 36.8. The smallest absolute Gasteiger partial charge is 0.306 e. The number of unbranched alkanes of at least 4 members (excludes halogenated alkanes) is 45. The monoisotopic (exact) mass is 1160 g/mol. The molecule has 0 spiro atoms. The van der Waals surface area contributed by atoms with Crippen LogP contribution in [0.25, 0.3) is 0 Å². The Labute approximate surface area is 504 Å². The summed E-state index contributed by atoms with van der Waals surface area (Å²) in [6.45, 7) is 6.88. The van der Waals surface area contributed by atoms with E-state index in [0.29, 0.717) is 17.4 Å². The van der Waals surface area contributed by atoms with Crippen molar-refractivity contribution in [3.8, 4) is 0 Å². The fourth-order valence-electron chi connectivity index (χ4n) is 10.6. The summed E-state index contributed by atoms with van der Waals surface area (Å²) in [5.74, 6) is -0.526. The van der Waals surface area contributed by atoms with E-state index >= 15 is 0 Å². The number of allylic oxidation sites excluding steroid dienone is 5. The standard InChI is InChI=1S/C71H137N2O7P/c1-7-10-13-16-19-22-25-28-30-32-34-35-36-37-39-40-42-45-48-51-54-57-60-63-70(74)72-68(67-79-81(76,77)78-66-65-73(4,5)6)69(62-59-56-53-50-47-44-27-24-21-18-15-12-9-3)80-71(75)64-61-58-55-52-49-46-43-41-38-33-31-29-26-23-20-17-14-11-8-2/h20,23,29,31,59,62,68-69H,7-19,21-22,24-28,30,32-58,60-61,63-67H2,1-6H3,(H-,72,74,76,77)/b23-20-,31-29-,62-59+. The first-order chi connectivity index (χ1) is 39.4. The van der Waals surface area contributed by atoms with Gasteiger partial charge in [-0.3, -0.25) is 14.2 Å². The first-order valence-electron chi connectivity index (χ1n) is 35.3. The third-order valence-corrected chi connectivity index (χ3v) is 17.0. The summed E-state index contributed by atoms with van der Waals surface area (Å²) in [6, 6.07) is -0.887. The van der Waals surface area contributed by atoms with Gasteiger partial charge < -0.3 is 28.5 Å². The second-order valence-corrected chi connectivity index (χ2v) is 26.8. The van der Waals surface area contributed by atoms with Crippen LogP contribution >= 0.6 is 7.82 Å². The second-order valence-electron chi connectivity index (χ2n) is 25.4. The molecule has 478 valence electrons. The van der Waals surface area contributed by atoms with Gasteiger partial charge in [-0.1, -0.05) is 314 Å². The predicted octanol–water partition coefficient (Wildman–Crippen LogP) is 21.6. The molecule has 0 aliphatic carbocycles. The van der Waals surface area contributed by atoms with Crippen molar-refractivity contribution in [1.82, 2.24) is 5.32 Å². The topological polar surface area (TPSA) is 114 Å². The molecule has 3 atom stereocenters. The number of quaternary nitrogens is 1. The van der Waals surface area contributed by atoms with E-state index in [-0.39, 0.29) is 31.5 Å². The Hall–Kier alpha value is -1.77. The van der Waals surface area contributed by atoms with Gasteiger partial charge >= 0.3 is 5.97 Å². The average Bonchev–Trinajstić information content (AvgIpc) is 3.44. The molecule has 0 fully saturated rings. The summed E-state index contributed by atoms with van der Waals surface area (Å²) in [5.41, 5.74) is 0. The number of hydrogen-bond donors (Lipinski definition) is 1. The zero-order chi connectivity index (χ0) is 59.3. The lowest BCUT2D eigenvalue weighted by Crippen LogP contribution is -2.47. The van der Waals surface area contributed by atoms with Crippen molar-refractivity contribution < 1.29 is 37.3 Å². The minimum absolute atomic E-state index is 0.0201. The van der Waals surface area contributed by atoms with Crippen molar-refractivity contribution in [2.75, 3.05) is 40.9 Å². The SMILES string of the molecule is CCCCC/C=C\C/C=C\CCCCCCCCCCCC(=O)OC(/C=C/CCCCCCCCCCCCC)C(COP(=O)([O-])OCC[N+](C)(C)C)NC(=O)CCCCCCCCCCCCCCCCCCCCCCCCC. The minimum atomic E-state index is -4.70. The third-order valence-electron chi connectivity index (χ3n) is 16.1. The highest BCUT2D eigenvalue weighted by Gasteiger charge is 2.27. The number of phosphoric ester groups is 1. The predicted molar refractivity (Wildman–Crippen MR) is 349 cm³/mol. The van der Waals surface area contributed by atoms with E-state index in [0.717, 1.165) is 64.2 Å². The molecule has 9 nitrogen and oxygen atoms in total. The maximum atomic E-state index is 13.6. The van der Waals surface area contributed by atoms with Gasteiger partial charge in [0.1, 0.15) is 19.3 Å². The number of amides is 1. The summed E-state index contributed by atoms with van der Waals surface area (Å²) >= 11 is 0. The molecule has 1 amide bonds. The van der Waals surface area contributed by atoms with Crippen LogP contribution in [-0.4, -0.2) is 69.4 Å².